The lowest BCUT2D eigenvalue weighted by molar-refractivity contribution is 0.100. The van der Waals surface area contributed by atoms with E-state index in [4.69, 9.17) is 11.5 Å². The molecule has 2 rings (SSSR count). The summed E-state index contributed by atoms with van der Waals surface area (Å²) >= 11 is 1.07. The molecule has 1 aliphatic rings. The highest BCUT2D eigenvalue weighted by atomic mass is 32.2. The first kappa shape index (κ1) is 16.1. The van der Waals surface area contributed by atoms with Crippen molar-refractivity contribution < 1.29 is 13.2 Å². The molecule has 0 radical (unpaired) electrons. The Kier molecular flexibility index (Phi) is 4.45. The number of carbonyl (C=O) groups excluding carboxylic acids is 1. The van der Waals surface area contributed by atoms with E-state index in [1.807, 2.05) is 11.9 Å². The highest BCUT2D eigenvalue weighted by molar-refractivity contribution is 7.92. The van der Waals surface area contributed by atoms with Crippen molar-refractivity contribution >= 4 is 37.8 Å². The Morgan fingerprint density at radius 3 is 2.33 bits per heavy atom. The predicted molar refractivity (Wildman–Crippen MR) is 84.7 cm³/mol. The van der Waals surface area contributed by atoms with Gasteiger partial charge in [-0.2, -0.15) is 0 Å². The van der Waals surface area contributed by atoms with Crippen LogP contribution in [0.2, 0.25) is 0 Å². The van der Waals surface area contributed by atoms with Crippen LogP contribution in [0.5, 0.6) is 0 Å². The molecule has 1 saturated heterocycles. The molecule has 0 aliphatic carbocycles. The van der Waals surface area contributed by atoms with Gasteiger partial charge < -0.3 is 21.3 Å². The van der Waals surface area contributed by atoms with Crippen LogP contribution < -0.4 is 16.4 Å². The molecule has 0 unspecified atom stereocenters. The van der Waals surface area contributed by atoms with Crippen molar-refractivity contribution in [2.45, 2.75) is 11.8 Å². The number of primary amides is 1. The molecule has 2 heterocycles. The summed E-state index contributed by atoms with van der Waals surface area (Å²) in [6.45, 7) is 4.61. The van der Waals surface area contributed by atoms with Gasteiger partial charge in [0, 0.05) is 26.2 Å². The third-order valence-corrected chi connectivity index (χ3v) is 6.79. The number of piperazine rings is 1. The van der Waals surface area contributed by atoms with Crippen molar-refractivity contribution in [2.24, 2.45) is 5.73 Å². The lowest BCUT2D eigenvalue weighted by atomic mass is 10.3. The van der Waals surface area contributed by atoms with Gasteiger partial charge in [-0.05, 0) is 7.05 Å². The van der Waals surface area contributed by atoms with Gasteiger partial charge in [0.25, 0.3) is 5.91 Å². The Labute approximate surface area is 128 Å². The molecule has 9 heteroatoms. The Morgan fingerprint density at radius 1 is 1.29 bits per heavy atom. The van der Waals surface area contributed by atoms with E-state index < -0.39 is 15.7 Å². The van der Waals surface area contributed by atoms with Crippen LogP contribution in [0, 0.1) is 0 Å². The van der Waals surface area contributed by atoms with Gasteiger partial charge in [-0.3, -0.25) is 4.79 Å². The predicted octanol–water partition coefficient (Wildman–Crippen LogP) is -0.0254. The zero-order chi connectivity index (χ0) is 15.8. The van der Waals surface area contributed by atoms with Crippen LogP contribution in [0.4, 0.5) is 10.7 Å². The van der Waals surface area contributed by atoms with Gasteiger partial charge in [0.2, 0.25) is 0 Å². The number of thiophene rings is 1. The number of nitrogens with zero attached hydrogens (tertiary/aromatic N) is 2. The van der Waals surface area contributed by atoms with Crippen LogP contribution in [-0.4, -0.2) is 58.2 Å². The molecule has 1 amide bonds. The molecular weight excluding hydrogens is 312 g/mol. The molecule has 0 saturated carbocycles. The first-order valence-corrected chi connectivity index (χ1v) is 9.13. The first-order chi connectivity index (χ1) is 9.77. The maximum absolute atomic E-state index is 12.3. The fourth-order valence-electron chi connectivity index (χ4n) is 2.26. The normalized spacial score (nSPS) is 17.1. The average Bonchev–Trinajstić information content (AvgIpc) is 2.78. The molecule has 21 heavy (non-hydrogen) atoms. The summed E-state index contributed by atoms with van der Waals surface area (Å²) in [6.07, 6.45) is 0. The van der Waals surface area contributed by atoms with Gasteiger partial charge >= 0.3 is 0 Å². The summed E-state index contributed by atoms with van der Waals surface area (Å²) in [4.78, 5) is 15.8. The number of nitrogen functional groups attached to an aromatic ring is 1. The lowest BCUT2D eigenvalue weighted by Gasteiger charge is -2.33. The zero-order valence-corrected chi connectivity index (χ0v) is 13.8. The highest BCUT2D eigenvalue weighted by Crippen LogP contribution is 2.42. The minimum absolute atomic E-state index is 0.0109. The van der Waals surface area contributed by atoms with Crippen molar-refractivity contribution in [3.05, 3.63) is 4.88 Å². The molecule has 1 aromatic heterocycles. The van der Waals surface area contributed by atoms with E-state index in [9.17, 15) is 13.2 Å². The van der Waals surface area contributed by atoms with E-state index in [0.29, 0.717) is 18.1 Å². The Hall–Kier alpha value is -1.32. The van der Waals surface area contributed by atoms with E-state index >= 15 is 0 Å². The summed E-state index contributed by atoms with van der Waals surface area (Å²) in [5, 5.41) is 0.538. The van der Waals surface area contributed by atoms with Crippen LogP contribution in [-0.2, 0) is 9.84 Å². The van der Waals surface area contributed by atoms with Gasteiger partial charge in [-0.25, -0.2) is 8.42 Å². The van der Waals surface area contributed by atoms with Gasteiger partial charge in [-0.1, -0.05) is 6.92 Å². The third-order valence-electron chi connectivity index (χ3n) is 3.59. The van der Waals surface area contributed by atoms with Crippen molar-refractivity contribution in [1.29, 1.82) is 0 Å². The number of hydrogen-bond donors (Lipinski definition) is 2. The quantitative estimate of drug-likeness (QED) is 0.801. The van der Waals surface area contributed by atoms with E-state index in [1.165, 1.54) is 0 Å². The Morgan fingerprint density at radius 2 is 1.86 bits per heavy atom. The van der Waals surface area contributed by atoms with E-state index in [1.54, 1.807) is 6.92 Å². The molecular formula is C12H20N4O3S2. The lowest BCUT2D eigenvalue weighted by Crippen LogP contribution is -2.44. The summed E-state index contributed by atoms with van der Waals surface area (Å²) in [5.41, 5.74) is 11.2. The first-order valence-electron chi connectivity index (χ1n) is 6.66. The van der Waals surface area contributed by atoms with Gasteiger partial charge in [-0.15, -0.1) is 11.3 Å². The van der Waals surface area contributed by atoms with Crippen LogP contribution in [0.15, 0.2) is 4.90 Å². The number of sulfone groups is 1. The average molecular weight is 332 g/mol. The van der Waals surface area contributed by atoms with Gasteiger partial charge in [0.05, 0.1) is 11.4 Å². The summed E-state index contributed by atoms with van der Waals surface area (Å²) in [6, 6.07) is 0. The smallest absolute Gasteiger partial charge is 0.261 e. The topological polar surface area (TPSA) is 110 Å². The fourth-order valence-corrected chi connectivity index (χ4v) is 4.97. The maximum Gasteiger partial charge on any atom is 0.261 e. The number of carbonyl (C=O) groups is 1. The van der Waals surface area contributed by atoms with Crippen molar-refractivity contribution in [3.8, 4) is 0 Å². The molecule has 1 fully saturated rings. The summed E-state index contributed by atoms with van der Waals surface area (Å²) < 4.78 is 24.6. The summed E-state index contributed by atoms with van der Waals surface area (Å²) in [5.74, 6) is -0.752. The molecule has 0 atom stereocenters. The molecule has 0 spiro atoms. The number of amides is 1. The minimum atomic E-state index is -3.51. The molecule has 118 valence electrons. The number of anilines is 2. The van der Waals surface area contributed by atoms with Crippen molar-refractivity contribution in [3.63, 3.8) is 0 Å². The Bertz CT molecular complexity index is 646. The molecule has 4 N–H and O–H groups in total. The highest BCUT2D eigenvalue weighted by Gasteiger charge is 2.31. The SMILES string of the molecule is CCS(=O)(=O)c1c(N2CCN(C)CC2)sc(C(N)=O)c1N. The maximum atomic E-state index is 12.3. The second kappa shape index (κ2) is 5.82. The van der Waals surface area contributed by atoms with Gasteiger partial charge in [0.1, 0.15) is 14.8 Å². The third kappa shape index (κ3) is 2.99. The number of likely N-dealkylation sites (N-methyl/N-ethyl adjacent to an activating group) is 1. The van der Waals surface area contributed by atoms with Crippen LogP contribution >= 0.6 is 11.3 Å². The number of nitrogens with two attached hydrogens (primary N) is 2. The standard InChI is InChI=1S/C12H20N4O3S2/c1-3-21(18,19)10-8(13)9(11(14)17)20-12(10)16-6-4-15(2)5-7-16/h3-7,13H2,1-2H3,(H2,14,17). The second-order valence-electron chi connectivity index (χ2n) is 5.04. The van der Waals surface area contributed by atoms with E-state index in [2.05, 4.69) is 4.90 Å². The minimum Gasteiger partial charge on any atom is -0.396 e. The summed E-state index contributed by atoms with van der Waals surface area (Å²) in [7, 11) is -1.50. The monoisotopic (exact) mass is 332 g/mol. The van der Waals surface area contributed by atoms with Crippen LogP contribution in [0.3, 0.4) is 0 Å². The van der Waals surface area contributed by atoms with Crippen molar-refractivity contribution in [1.82, 2.24) is 4.90 Å². The zero-order valence-electron chi connectivity index (χ0n) is 12.1. The van der Waals surface area contributed by atoms with Crippen molar-refractivity contribution in [2.75, 3.05) is 49.6 Å². The van der Waals surface area contributed by atoms with Crippen LogP contribution in [0.1, 0.15) is 16.6 Å². The second-order valence-corrected chi connectivity index (χ2v) is 8.25. The number of hydrogen-bond acceptors (Lipinski definition) is 7. The number of rotatable bonds is 4. The van der Waals surface area contributed by atoms with Gasteiger partial charge in [0.15, 0.2) is 9.84 Å². The Balaban J connectivity index is 2.54. The fraction of sp³-hybridized carbons (Fsp3) is 0.583. The molecule has 1 aromatic rings. The molecule has 7 nitrogen and oxygen atoms in total. The molecule has 1 aliphatic heterocycles. The van der Waals surface area contributed by atoms with Crippen LogP contribution in [0.25, 0.3) is 0 Å². The van der Waals surface area contributed by atoms with E-state index in [-0.39, 0.29) is 21.2 Å². The molecule has 0 aromatic carbocycles. The van der Waals surface area contributed by atoms with E-state index in [0.717, 1.165) is 24.4 Å². The largest absolute Gasteiger partial charge is 0.396 e. The molecule has 0 bridgehead atoms.